The second kappa shape index (κ2) is 9.46. The molecule has 0 aliphatic carbocycles. The number of aromatic hydroxyl groups is 1. The summed E-state index contributed by atoms with van der Waals surface area (Å²) in [6.07, 6.45) is 2.02. The first-order chi connectivity index (χ1) is 10.2. The van der Waals surface area contributed by atoms with Gasteiger partial charge in [0.25, 0.3) is 0 Å². The van der Waals surface area contributed by atoms with Crippen molar-refractivity contribution in [1.29, 1.82) is 0 Å². The summed E-state index contributed by atoms with van der Waals surface area (Å²) >= 11 is 0. The van der Waals surface area contributed by atoms with Gasteiger partial charge in [0.1, 0.15) is 5.75 Å². The third-order valence-electron chi connectivity index (χ3n) is 3.73. The standard InChI is InChI=1S/C18H23NO2.ClH/c1-14(6-7-15-8-10-18(21)11-9-15)19-12-16-4-2-3-5-17(16)13-20;/h2-5,8-11,14,19-21H,6-7,12-13H2,1H3;1H. The van der Waals surface area contributed by atoms with Crippen LogP contribution in [0.25, 0.3) is 0 Å². The lowest BCUT2D eigenvalue weighted by Crippen LogP contribution is -2.26. The summed E-state index contributed by atoms with van der Waals surface area (Å²) in [5, 5.41) is 22.1. The van der Waals surface area contributed by atoms with Crippen LogP contribution in [0.4, 0.5) is 0 Å². The first kappa shape index (κ1) is 18.5. The number of hydrogen-bond donors (Lipinski definition) is 3. The number of aryl methyl sites for hydroxylation is 1. The quantitative estimate of drug-likeness (QED) is 0.732. The van der Waals surface area contributed by atoms with Gasteiger partial charge < -0.3 is 15.5 Å². The molecule has 22 heavy (non-hydrogen) atoms. The zero-order valence-electron chi connectivity index (χ0n) is 12.8. The van der Waals surface area contributed by atoms with E-state index in [9.17, 15) is 10.2 Å². The van der Waals surface area contributed by atoms with Gasteiger partial charge in [-0.15, -0.1) is 12.4 Å². The summed E-state index contributed by atoms with van der Waals surface area (Å²) in [4.78, 5) is 0. The van der Waals surface area contributed by atoms with Crippen molar-refractivity contribution in [2.75, 3.05) is 0 Å². The van der Waals surface area contributed by atoms with Gasteiger partial charge in [-0.2, -0.15) is 0 Å². The predicted molar refractivity (Wildman–Crippen MR) is 92.3 cm³/mol. The Morgan fingerprint density at radius 2 is 1.64 bits per heavy atom. The number of nitrogens with one attached hydrogen (secondary N) is 1. The molecule has 2 rings (SSSR count). The van der Waals surface area contributed by atoms with Crippen molar-refractivity contribution < 1.29 is 10.2 Å². The number of aliphatic hydroxyl groups excluding tert-OH is 1. The molecule has 0 spiro atoms. The number of benzene rings is 2. The van der Waals surface area contributed by atoms with Crippen LogP contribution in [0.1, 0.15) is 30.0 Å². The number of aliphatic hydroxyl groups is 1. The summed E-state index contributed by atoms with van der Waals surface area (Å²) in [7, 11) is 0. The van der Waals surface area contributed by atoms with Gasteiger partial charge in [-0.3, -0.25) is 0 Å². The van der Waals surface area contributed by atoms with E-state index in [0.29, 0.717) is 11.8 Å². The summed E-state index contributed by atoms with van der Waals surface area (Å²) < 4.78 is 0. The normalized spacial score (nSPS) is 11.7. The van der Waals surface area contributed by atoms with Crippen LogP contribution >= 0.6 is 12.4 Å². The van der Waals surface area contributed by atoms with E-state index >= 15 is 0 Å². The molecule has 4 heteroatoms. The van der Waals surface area contributed by atoms with Gasteiger partial charge in [0.2, 0.25) is 0 Å². The highest BCUT2D eigenvalue weighted by molar-refractivity contribution is 5.85. The van der Waals surface area contributed by atoms with Gasteiger partial charge >= 0.3 is 0 Å². The molecular weight excluding hydrogens is 298 g/mol. The summed E-state index contributed by atoms with van der Waals surface area (Å²) in [5.74, 6) is 0.311. The van der Waals surface area contributed by atoms with Gasteiger partial charge in [-0.25, -0.2) is 0 Å². The smallest absolute Gasteiger partial charge is 0.115 e. The molecule has 2 aromatic rings. The monoisotopic (exact) mass is 321 g/mol. The van der Waals surface area contributed by atoms with Crippen LogP contribution in [0.15, 0.2) is 48.5 Å². The van der Waals surface area contributed by atoms with Crippen molar-refractivity contribution in [3.05, 3.63) is 65.2 Å². The molecule has 1 unspecified atom stereocenters. The summed E-state index contributed by atoms with van der Waals surface area (Å²) in [6.45, 7) is 3.02. The third-order valence-corrected chi connectivity index (χ3v) is 3.73. The van der Waals surface area contributed by atoms with Crippen LogP contribution in [0, 0.1) is 0 Å². The SMILES string of the molecule is CC(CCc1ccc(O)cc1)NCc1ccccc1CO.Cl. The lowest BCUT2D eigenvalue weighted by Gasteiger charge is -2.15. The minimum atomic E-state index is 0. The number of phenolic OH excluding ortho intramolecular Hbond substituents is 1. The van der Waals surface area contributed by atoms with Crippen LogP contribution in [0.3, 0.4) is 0 Å². The van der Waals surface area contributed by atoms with Crippen molar-refractivity contribution in [2.45, 2.75) is 39.0 Å². The predicted octanol–water partition coefficient (Wildman–Crippen LogP) is 3.42. The maximum atomic E-state index is 9.31. The highest BCUT2D eigenvalue weighted by atomic mass is 35.5. The molecule has 0 amide bonds. The van der Waals surface area contributed by atoms with Crippen molar-refractivity contribution in [1.82, 2.24) is 5.32 Å². The molecule has 0 saturated heterocycles. The maximum absolute atomic E-state index is 9.31. The van der Waals surface area contributed by atoms with E-state index in [0.717, 1.165) is 30.5 Å². The fourth-order valence-electron chi connectivity index (χ4n) is 2.32. The fourth-order valence-corrected chi connectivity index (χ4v) is 2.32. The largest absolute Gasteiger partial charge is 0.508 e. The van der Waals surface area contributed by atoms with Crippen LogP contribution in [0.5, 0.6) is 5.75 Å². The molecule has 120 valence electrons. The molecule has 0 aliphatic rings. The second-order valence-corrected chi connectivity index (χ2v) is 5.41. The maximum Gasteiger partial charge on any atom is 0.115 e. The number of hydrogen-bond acceptors (Lipinski definition) is 3. The van der Waals surface area contributed by atoms with Crippen molar-refractivity contribution >= 4 is 12.4 Å². The van der Waals surface area contributed by atoms with Crippen LogP contribution < -0.4 is 5.32 Å². The van der Waals surface area contributed by atoms with Gasteiger partial charge in [-0.05, 0) is 48.6 Å². The molecule has 0 aliphatic heterocycles. The molecule has 3 nitrogen and oxygen atoms in total. The minimum absolute atomic E-state index is 0. The summed E-state index contributed by atoms with van der Waals surface area (Å²) in [5.41, 5.74) is 3.37. The minimum Gasteiger partial charge on any atom is -0.508 e. The first-order valence-corrected chi connectivity index (χ1v) is 7.38. The highest BCUT2D eigenvalue weighted by Gasteiger charge is 2.05. The lowest BCUT2D eigenvalue weighted by molar-refractivity contribution is 0.280. The van der Waals surface area contributed by atoms with Gasteiger partial charge in [0, 0.05) is 12.6 Å². The van der Waals surface area contributed by atoms with Gasteiger partial charge in [0.15, 0.2) is 0 Å². The van der Waals surface area contributed by atoms with Crippen LogP contribution in [-0.2, 0) is 19.6 Å². The Kier molecular flexibility index (Phi) is 7.96. The molecule has 2 aromatic carbocycles. The molecule has 0 bridgehead atoms. The molecule has 0 saturated carbocycles. The Labute approximate surface area is 138 Å². The molecule has 0 fully saturated rings. The van der Waals surface area contributed by atoms with Crippen molar-refractivity contribution in [2.24, 2.45) is 0 Å². The van der Waals surface area contributed by atoms with E-state index in [-0.39, 0.29) is 19.0 Å². The average molecular weight is 322 g/mol. The van der Waals surface area contributed by atoms with Crippen molar-refractivity contribution in [3.63, 3.8) is 0 Å². The number of rotatable bonds is 7. The molecule has 0 aromatic heterocycles. The highest BCUT2D eigenvalue weighted by Crippen LogP contribution is 2.13. The van der Waals surface area contributed by atoms with E-state index in [1.807, 2.05) is 36.4 Å². The summed E-state index contributed by atoms with van der Waals surface area (Å²) in [6, 6.07) is 15.7. The second-order valence-electron chi connectivity index (χ2n) is 5.41. The molecule has 3 N–H and O–H groups in total. The molecular formula is C18H24ClNO2. The molecule has 0 radical (unpaired) electrons. The molecule has 1 atom stereocenters. The zero-order chi connectivity index (χ0) is 15.1. The van der Waals surface area contributed by atoms with E-state index < -0.39 is 0 Å². The Balaban J connectivity index is 0.00000242. The molecule has 0 heterocycles. The lowest BCUT2D eigenvalue weighted by atomic mass is 10.0. The average Bonchev–Trinajstić information content (AvgIpc) is 2.52. The van der Waals surface area contributed by atoms with Crippen molar-refractivity contribution in [3.8, 4) is 5.75 Å². The Hall–Kier alpha value is -1.55. The van der Waals surface area contributed by atoms with E-state index in [2.05, 4.69) is 12.2 Å². The Morgan fingerprint density at radius 1 is 1.00 bits per heavy atom. The Bertz CT molecular complexity index is 557. The zero-order valence-corrected chi connectivity index (χ0v) is 13.6. The van der Waals surface area contributed by atoms with Gasteiger partial charge in [-0.1, -0.05) is 36.4 Å². The Morgan fingerprint density at radius 3 is 2.27 bits per heavy atom. The fraction of sp³-hybridized carbons (Fsp3) is 0.333. The van der Waals surface area contributed by atoms with E-state index in [1.54, 1.807) is 12.1 Å². The van der Waals surface area contributed by atoms with Crippen LogP contribution in [-0.4, -0.2) is 16.3 Å². The number of phenols is 1. The number of halogens is 1. The van der Waals surface area contributed by atoms with Crippen LogP contribution in [0.2, 0.25) is 0 Å². The first-order valence-electron chi connectivity index (χ1n) is 7.38. The van der Waals surface area contributed by atoms with Gasteiger partial charge in [0.05, 0.1) is 6.61 Å². The van der Waals surface area contributed by atoms with E-state index in [4.69, 9.17) is 0 Å². The third kappa shape index (κ3) is 5.68. The van der Waals surface area contributed by atoms with E-state index in [1.165, 1.54) is 5.56 Å². The topological polar surface area (TPSA) is 52.5 Å².